The summed E-state index contributed by atoms with van der Waals surface area (Å²) in [6.07, 6.45) is -0.831. The zero-order chi connectivity index (χ0) is 19.6. The number of amides is 1. The summed E-state index contributed by atoms with van der Waals surface area (Å²) in [6, 6.07) is 4.89. The monoisotopic (exact) mass is 427 g/mol. The van der Waals surface area contributed by atoms with Crippen LogP contribution in [0, 0.1) is 0 Å². The fourth-order valence-corrected chi connectivity index (χ4v) is 3.28. The van der Waals surface area contributed by atoms with Gasteiger partial charge in [-0.3, -0.25) is 4.90 Å². The minimum absolute atomic E-state index is 0.171. The molecule has 144 valence electrons. The molecule has 0 spiro atoms. The van der Waals surface area contributed by atoms with E-state index >= 15 is 0 Å². The Bertz CT molecular complexity index is 683. The van der Waals surface area contributed by atoms with Gasteiger partial charge >= 0.3 is 12.1 Å². The lowest BCUT2D eigenvalue weighted by molar-refractivity contribution is -0.142. The molecule has 0 unspecified atom stereocenters. The molecule has 2 rings (SSSR count). The lowest BCUT2D eigenvalue weighted by Gasteiger charge is -2.26. The normalized spacial score (nSPS) is 20.3. The third-order valence-corrected chi connectivity index (χ3v) is 4.71. The van der Waals surface area contributed by atoms with Gasteiger partial charge in [0.15, 0.2) is 0 Å². The number of carboxylic acids is 1. The van der Waals surface area contributed by atoms with E-state index in [2.05, 4.69) is 29.8 Å². The van der Waals surface area contributed by atoms with Gasteiger partial charge in [-0.2, -0.15) is 0 Å². The van der Waals surface area contributed by atoms with Crippen molar-refractivity contribution in [1.82, 2.24) is 4.90 Å². The maximum Gasteiger partial charge on any atom is 0.411 e. The van der Waals surface area contributed by atoms with Gasteiger partial charge in [0.1, 0.15) is 23.5 Å². The number of rotatable bonds is 4. The van der Waals surface area contributed by atoms with E-state index in [1.54, 1.807) is 20.8 Å². The fourth-order valence-electron chi connectivity index (χ4n) is 2.79. The fraction of sp³-hybridized carbons (Fsp3) is 0.579. The van der Waals surface area contributed by atoms with E-state index in [9.17, 15) is 14.7 Å². The van der Waals surface area contributed by atoms with Crippen molar-refractivity contribution >= 4 is 28.0 Å². The van der Waals surface area contributed by atoms with Crippen molar-refractivity contribution in [1.29, 1.82) is 0 Å². The van der Waals surface area contributed by atoms with E-state index in [0.717, 1.165) is 4.47 Å². The van der Waals surface area contributed by atoms with Crippen molar-refractivity contribution in [2.75, 3.05) is 6.54 Å². The molecule has 1 aromatic carbocycles. The van der Waals surface area contributed by atoms with Crippen LogP contribution in [-0.2, 0) is 9.53 Å². The summed E-state index contributed by atoms with van der Waals surface area (Å²) in [7, 11) is 0. The van der Waals surface area contributed by atoms with Gasteiger partial charge in [-0.1, -0.05) is 19.9 Å². The molecule has 1 amide bonds. The molecule has 1 aliphatic heterocycles. The maximum absolute atomic E-state index is 12.3. The van der Waals surface area contributed by atoms with Crippen LogP contribution in [0.15, 0.2) is 22.7 Å². The number of halogens is 1. The summed E-state index contributed by atoms with van der Waals surface area (Å²) < 4.78 is 12.1. The highest BCUT2D eigenvalue weighted by molar-refractivity contribution is 9.10. The molecule has 0 aliphatic carbocycles. The summed E-state index contributed by atoms with van der Waals surface area (Å²) in [5.41, 5.74) is 0.490. The Morgan fingerprint density at radius 3 is 2.46 bits per heavy atom. The van der Waals surface area contributed by atoms with Gasteiger partial charge in [-0.15, -0.1) is 0 Å². The number of ether oxygens (including phenoxy) is 2. The van der Waals surface area contributed by atoms with Crippen LogP contribution in [0.3, 0.4) is 0 Å². The molecule has 0 radical (unpaired) electrons. The molecule has 1 saturated heterocycles. The lowest BCUT2D eigenvalue weighted by atomic mass is 10.0. The van der Waals surface area contributed by atoms with Crippen molar-refractivity contribution in [3.05, 3.63) is 28.2 Å². The molecule has 1 fully saturated rings. The second kappa shape index (κ2) is 7.86. The highest BCUT2D eigenvalue weighted by Gasteiger charge is 2.42. The minimum Gasteiger partial charge on any atom is -0.487 e. The molecule has 1 aliphatic rings. The van der Waals surface area contributed by atoms with Crippen LogP contribution in [0.1, 0.15) is 52.5 Å². The first-order valence-electron chi connectivity index (χ1n) is 8.66. The molecule has 0 saturated carbocycles. The Morgan fingerprint density at radius 1 is 1.31 bits per heavy atom. The van der Waals surface area contributed by atoms with Crippen molar-refractivity contribution in [3.63, 3.8) is 0 Å². The van der Waals surface area contributed by atoms with Gasteiger partial charge in [0, 0.05) is 6.42 Å². The lowest BCUT2D eigenvalue weighted by Crippen LogP contribution is -2.43. The molecule has 26 heavy (non-hydrogen) atoms. The number of carboxylic acid groups (broad SMARTS) is 1. The van der Waals surface area contributed by atoms with Crippen LogP contribution in [0.25, 0.3) is 0 Å². The summed E-state index contributed by atoms with van der Waals surface area (Å²) in [5, 5.41) is 9.45. The zero-order valence-electron chi connectivity index (χ0n) is 15.8. The number of carbonyl (C=O) groups excluding carboxylic acids is 1. The van der Waals surface area contributed by atoms with E-state index in [1.807, 2.05) is 18.2 Å². The van der Waals surface area contributed by atoms with Gasteiger partial charge in [0.2, 0.25) is 0 Å². The number of likely N-dealkylation sites (tertiary alicyclic amines) is 1. The van der Waals surface area contributed by atoms with Crippen LogP contribution < -0.4 is 4.74 Å². The summed E-state index contributed by atoms with van der Waals surface area (Å²) in [5.74, 6) is -0.0309. The third kappa shape index (κ3) is 5.13. The number of benzene rings is 1. The molecule has 1 aromatic rings. The second-order valence-corrected chi connectivity index (χ2v) is 8.66. The summed E-state index contributed by atoms with van der Waals surface area (Å²) in [4.78, 5) is 25.1. The number of aliphatic carboxylic acids is 1. The predicted molar refractivity (Wildman–Crippen MR) is 102 cm³/mol. The highest BCUT2D eigenvalue weighted by atomic mass is 79.9. The van der Waals surface area contributed by atoms with E-state index in [1.165, 1.54) is 10.5 Å². The molecular weight excluding hydrogens is 402 g/mol. The highest BCUT2D eigenvalue weighted by Crippen LogP contribution is 2.32. The maximum atomic E-state index is 12.3. The molecule has 1 N–H and O–H groups in total. The van der Waals surface area contributed by atoms with Crippen LogP contribution in [0.2, 0.25) is 0 Å². The average molecular weight is 428 g/mol. The van der Waals surface area contributed by atoms with Crippen molar-refractivity contribution in [3.8, 4) is 5.75 Å². The Labute approximate surface area is 162 Å². The van der Waals surface area contributed by atoms with Crippen LogP contribution in [-0.4, -0.2) is 46.4 Å². The Hall–Kier alpha value is -1.76. The van der Waals surface area contributed by atoms with Crippen LogP contribution in [0.4, 0.5) is 4.79 Å². The van der Waals surface area contributed by atoms with Crippen molar-refractivity contribution in [2.45, 2.75) is 64.7 Å². The molecule has 7 heteroatoms. The largest absolute Gasteiger partial charge is 0.487 e. The van der Waals surface area contributed by atoms with Crippen LogP contribution >= 0.6 is 15.9 Å². The molecule has 2 atom stereocenters. The molecule has 0 bridgehead atoms. The zero-order valence-corrected chi connectivity index (χ0v) is 17.4. The van der Waals surface area contributed by atoms with Crippen LogP contribution in [0.5, 0.6) is 5.75 Å². The van der Waals surface area contributed by atoms with Gasteiger partial charge in [-0.25, -0.2) is 9.59 Å². The Morgan fingerprint density at radius 2 is 1.96 bits per heavy atom. The number of carbonyl (C=O) groups is 2. The average Bonchev–Trinajstić information content (AvgIpc) is 2.92. The first kappa shape index (κ1) is 20.6. The van der Waals surface area contributed by atoms with Gasteiger partial charge in [0.25, 0.3) is 0 Å². The first-order chi connectivity index (χ1) is 12.0. The van der Waals surface area contributed by atoms with Gasteiger partial charge in [0.05, 0.1) is 11.0 Å². The van der Waals surface area contributed by atoms with E-state index in [0.29, 0.717) is 11.7 Å². The third-order valence-electron chi connectivity index (χ3n) is 4.09. The molecule has 1 heterocycles. The Balaban J connectivity index is 2.12. The van der Waals surface area contributed by atoms with E-state index in [4.69, 9.17) is 9.47 Å². The molecule has 6 nitrogen and oxygen atoms in total. The van der Waals surface area contributed by atoms with E-state index < -0.39 is 29.8 Å². The topological polar surface area (TPSA) is 76.1 Å². The molecular formula is C19H26BrNO5. The summed E-state index contributed by atoms with van der Waals surface area (Å²) in [6.45, 7) is 9.63. The smallest absolute Gasteiger partial charge is 0.411 e. The number of hydrogen-bond acceptors (Lipinski definition) is 4. The van der Waals surface area contributed by atoms with Crippen molar-refractivity contribution in [2.24, 2.45) is 0 Å². The minimum atomic E-state index is -1.06. The second-order valence-electron chi connectivity index (χ2n) is 7.81. The quantitative estimate of drug-likeness (QED) is 0.769. The van der Waals surface area contributed by atoms with Gasteiger partial charge < -0.3 is 14.6 Å². The Kier molecular flexibility index (Phi) is 6.21. The molecule has 0 aromatic heterocycles. The number of hydrogen-bond donors (Lipinski definition) is 1. The van der Waals surface area contributed by atoms with E-state index in [-0.39, 0.29) is 13.0 Å². The number of nitrogens with zero attached hydrogens (tertiary/aromatic N) is 1. The van der Waals surface area contributed by atoms with Gasteiger partial charge in [-0.05, 0) is 60.3 Å². The summed E-state index contributed by atoms with van der Waals surface area (Å²) >= 11 is 3.50. The first-order valence-corrected chi connectivity index (χ1v) is 9.45. The predicted octanol–water partition coefficient (Wildman–Crippen LogP) is 4.41. The SMILES string of the molecule is CC(C)c1ccc(O[C@@H]2C[C@H](C(=O)O)N(C(=O)OC(C)(C)C)C2)c(Br)c1. The standard InChI is InChI=1S/C19H26BrNO5/c1-11(2)12-6-7-16(14(20)8-12)25-13-9-15(17(22)23)21(10-13)18(24)26-19(3,4)5/h6-8,11,13,15H,9-10H2,1-5H3,(H,22,23)/t13-,15-/m1/s1. The van der Waals surface area contributed by atoms with Crippen molar-refractivity contribution < 1.29 is 24.2 Å².